The van der Waals surface area contributed by atoms with Gasteiger partial charge in [0, 0.05) is 12.3 Å². The molecule has 1 amide bonds. The first-order valence-electron chi connectivity index (χ1n) is 4.83. The van der Waals surface area contributed by atoms with E-state index in [1.165, 1.54) is 11.1 Å². The van der Waals surface area contributed by atoms with Crippen LogP contribution >= 0.6 is 0 Å². The van der Waals surface area contributed by atoms with Crippen LogP contribution < -0.4 is 5.73 Å². The Kier molecular flexibility index (Phi) is 2.35. The summed E-state index contributed by atoms with van der Waals surface area (Å²) in [5.74, 6) is 0.154. The zero-order valence-corrected chi connectivity index (χ0v) is 7.94. The second-order valence-corrected chi connectivity index (χ2v) is 3.60. The Morgan fingerprint density at radius 3 is 2.93 bits per heavy atom. The number of carbonyl (C=O) groups excluding carboxylic acids is 1. The number of allylic oxidation sites excluding steroid dienone is 1. The molecular weight excluding hydrogens is 174 g/mol. The van der Waals surface area contributed by atoms with Crippen LogP contribution in [0.1, 0.15) is 29.9 Å². The molecule has 0 heterocycles. The minimum atomic E-state index is -0.220. The molecule has 0 spiro atoms. The zero-order chi connectivity index (χ0) is 9.97. The van der Waals surface area contributed by atoms with E-state index >= 15 is 0 Å². The van der Waals surface area contributed by atoms with Crippen LogP contribution in [-0.4, -0.2) is 5.91 Å². The van der Waals surface area contributed by atoms with E-state index in [1.807, 2.05) is 12.1 Å². The molecule has 14 heavy (non-hydrogen) atoms. The maximum absolute atomic E-state index is 10.7. The van der Waals surface area contributed by atoms with Crippen LogP contribution in [0, 0.1) is 0 Å². The van der Waals surface area contributed by atoms with Gasteiger partial charge in [0.05, 0.1) is 0 Å². The number of amides is 1. The fourth-order valence-corrected chi connectivity index (χ4v) is 1.87. The predicted octanol–water partition coefficient (Wildman–Crippen LogP) is 2.06. The summed E-state index contributed by atoms with van der Waals surface area (Å²) in [5, 5.41) is 0. The smallest absolute Gasteiger partial charge is 0.217 e. The summed E-state index contributed by atoms with van der Waals surface area (Å²) in [6.07, 6.45) is 5.54. The number of rotatable bonds is 3. The Morgan fingerprint density at radius 1 is 1.36 bits per heavy atom. The number of benzene rings is 1. The van der Waals surface area contributed by atoms with Gasteiger partial charge in [-0.15, -0.1) is 0 Å². The summed E-state index contributed by atoms with van der Waals surface area (Å²) >= 11 is 0. The minimum Gasteiger partial charge on any atom is -0.370 e. The third-order valence-electron chi connectivity index (χ3n) is 2.61. The van der Waals surface area contributed by atoms with E-state index in [-0.39, 0.29) is 5.91 Å². The largest absolute Gasteiger partial charge is 0.370 e. The molecule has 0 saturated heterocycles. The Hall–Kier alpha value is -1.57. The summed E-state index contributed by atoms with van der Waals surface area (Å²) in [6, 6.07) is 8.26. The van der Waals surface area contributed by atoms with Gasteiger partial charge in [-0.05, 0) is 17.5 Å². The first kappa shape index (κ1) is 9.00. The SMILES string of the molecule is NC(=O)CCC1C=Cc2ccccc21. The topological polar surface area (TPSA) is 43.1 Å². The van der Waals surface area contributed by atoms with E-state index in [2.05, 4.69) is 24.3 Å². The summed E-state index contributed by atoms with van der Waals surface area (Å²) in [6.45, 7) is 0. The fourth-order valence-electron chi connectivity index (χ4n) is 1.87. The van der Waals surface area contributed by atoms with Gasteiger partial charge in [-0.25, -0.2) is 0 Å². The van der Waals surface area contributed by atoms with Gasteiger partial charge in [-0.3, -0.25) is 4.79 Å². The van der Waals surface area contributed by atoms with Crippen LogP contribution in [0.3, 0.4) is 0 Å². The standard InChI is InChI=1S/C12H13NO/c13-12(14)8-7-10-6-5-9-3-1-2-4-11(9)10/h1-6,10H,7-8H2,(H2,13,14). The molecule has 2 heteroatoms. The van der Waals surface area contributed by atoms with Gasteiger partial charge in [0.25, 0.3) is 0 Å². The fraction of sp³-hybridized carbons (Fsp3) is 0.250. The van der Waals surface area contributed by atoms with Gasteiger partial charge in [0.2, 0.25) is 5.91 Å². The van der Waals surface area contributed by atoms with E-state index in [1.54, 1.807) is 0 Å². The molecule has 0 bridgehead atoms. The van der Waals surface area contributed by atoms with Crippen molar-refractivity contribution in [2.45, 2.75) is 18.8 Å². The monoisotopic (exact) mass is 187 g/mol. The van der Waals surface area contributed by atoms with Gasteiger partial charge in [0.15, 0.2) is 0 Å². The maximum Gasteiger partial charge on any atom is 0.217 e. The molecule has 0 fully saturated rings. The van der Waals surface area contributed by atoms with Gasteiger partial charge >= 0.3 is 0 Å². The van der Waals surface area contributed by atoms with Crippen LogP contribution in [0.15, 0.2) is 30.3 Å². The van der Waals surface area contributed by atoms with E-state index in [0.717, 1.165) is 6.42 Å². The van der Waals surface area contributed by atoms with E-state index in [9.17, 15) is 4.79 Å². The Morgan fingerprint density at radius 2 is 2.14 bits per heavy atom. The van der Waals surface area contributed by atoms with Gasteiger partial charge in [-0.1, -0.05) is 36.4 Å². The van der Waals surface area contributed by atoms with E-state index in [4.69, 9.17) is 5.73 Å². The van der Waals surface area contributed by atoms with Crippen LogP contribution in [0.25, 0.3) is 6.08 Å². The number of fused-ring (bicyclic) bond motifs is 1. The highest BCUT2D eigenvalue weighted by atomic mass is 16.1. The van der Waals surface area contributed by atoms with Crippen LogP contribution in [0.5, 0.6) is 0 Å². The molecule has 2 N–H and O–H groups in total. The van der Waals surface area contributed by atoms with Crippen molar-refractivity contribution < 1.29 is 4.79 Å². The number of hydrogen-bond acceptors (Lipinski definition) is 1. The van der Waals surface area contributed by atoms with Gasteiger partial charge < -0.3 is 5.73 Å². The molecule has 0 aliphatic heterocycles. The summed E-state index contributed by atoms with van der Waals surface area (Å²) in [5.41, 5.74) is 7.71. The molecule has 1 aliphatic rings. The predicted molar refractivity (Wildman–Crippen MR) is 56.6 cm³/mol. The molecular formula is C12H13NO. The number of hydrogen-bond donors (Lipinski definition) is 1. The van der Waals surface area contributed by atoms with Crippen molar-refractivity contribution in [1.29, 1.82) is 0 Å². The summed E-state index contributed by atoms with van der Waals surface area (Å²) < 4.78 is 0. The molecule has 0 saturated carbocycles. The van der Waals surface area contributed by atoms with Crippen LogP contribution in [0.4, 0.5) is 0 Å². The molecule has 2 nitrogen and oxygen atoms in total. The zero-order valence-electron chi connectivity index (χ0n) is 7.94. The summed E-state index contributed by atoms with van der Waals surface area (Å²) in [4.78, 5) is 10.7. The Bertz CT molecular complexity index is 382. The number of nitrogens with two attached hydrogens (primary N) is 1. The summed E-state index contributed by atoms with van der Waals surface area (Å²) in [7, 11) is 0. The lowest BCUT2D eigenvalue weighted by atomic mass is 9.96. The first-order chi connectivity index (χ1) is 6.77. The number of carbonyl (C=O) groups is 1. The second kappa shape index (κ2) is 3.66. The molecule has 2 rings (SSSR count). The van der Waals surface area contributed by atoms with E-state index in [0.29, 0.717) is 12.3 Å². The van der Waals surface area contributed by atoms with Crippen LogP contribution in [0.2, 0.25) is 0 Å². The van der Waals surface area contributed by atoms with Crippen molar-refractivity contribution >= 4 is 12.0 Å². The molecule has 1 aliphatic carbocycles. The third kappa shape index (κ3) is 1.69. The van der Waals surface area contributed by atoms with Crippen molar-refractivity contribution in [2.24, 2.45) is 5.73 Å². The molecule has 0 radical (unpaired) electrons. The van der Waals surface area contributed by atoms with Crippen molar-refractivity contribution in [3.63, 3.8) is 0 Å². The average molecular weight is 187 g/mol. The third-order valence-corrected chi connectivity index (χ3v) is 2.61. The highest BCUT2D eigenvalue weighted by molar-refractivity contribution is 5.74. The molecule has 1 atom stereocenters. The molecule has 72 valence electrons. The Balaban J connectivity index is 2.11. The highest BCUT2D eigenvalue weighted by Gasteiger charge is 2.16. The lowest BCUT2D eigenvalue weighted by molar-refractivity contribution is -0.118. The molecule has 0 aromatic heterocycles. The minimum absolute atomic E-state index is 0.220. The van der Waals surface area contributed by atoms with Crippen molar-refractivity contribution in [3.05, 3.63) is 41.5 Å². The molecule has 1 aromatic rings. The quantitative estimate of drug-likeness (QED) is 0.773. The van der Waals surface area contributed by atoms with Crippen molar-refractivity contribution in [2.75, 3.05) is 0 Å². The lowest BCUT2D eigenvalue weighted by Gasteiger charge is -2.08. The molecule has 1 aromatic carbocycles. The van der Waals surface area contributed by atoms with Crippen molar-refractivity contribution in [3.8, 4) is 0 Å². The average Bonchev–Trinajstić information content (AvgIpc) is 2.58. The van der Waals surface area contributed by atoms with Crippen LogP contribution in [-0.2, 0) is 4.79 Å². The number of primary amides is 1. The maximum atomic E-state index is 10.7. The van der Waals surface area contributed by atoms with Crippen molar-refractivity contribution in [1.82, 2.24) is 0 Å². The van der Waals surface area contributed by atoms with Gasteiger partial charge in [-0.2, -0.15) is 0 Å². The first-order valence-corrected chi connectivity index (χ1v) is 4.83. The normalized spacial score (nSPS) is 18.1. The highest BCUT2D eigenvalue weighted by Crippen LogP contribution is 2.32. The Labute approximate surface area is 83.4 Å². The molecule has 1 unspecified atom stereocenters. The van der Waals surface area contributed by atoms with E-state index < -0.39 is 0 Å². The van der Waals surface area contributed by atoms with Gasteiger partial charge in [0.1, 0.15) is 0 Å². The lowest BCUT2D eigenvalue weighted by Crippen LogP contribution is -2.11. The second-order valence-electron chi connectivity index (χ2n) is 3.60.